The molecule has 27 heavy (non-hydrogen) atoms. The van der Waals surface area contributed by atoms with Crippen molar-refractivity contribution in [3.05, 3.63) is 41.2 Å². The number of nitrogens with two attached hydrogens (primary N) is 1. The highest BCUT2D eigenvalue weighted by atomic mass is 35.5. The summed E-state index contributed by atoms with van der Waals surface area (Å²) in [5.41, 5.74) is 13.6. The zero-order valence-electron chi connectivity index (χ0n) is 17.2. The van der Waals surface area contributed by atoms with Crippen molar-refractivity contribution >= 4 is 17.3 Å². The number of nitrogens with one attached hydrogen (secondary N) is 3. The molecule has 0 spiro atoms. The Hall–Kier alpha value is -1.18. The molecule has 1 aromatic rings. The SMILES string of the molecule is C=C(C)C(CCN(C)NNC(C)(CCN)C(C)C)Nc1cccc(Cl)c1F. The van der Waals surface area contributed by atoms with E-state index in [0.29, 0.717) is 18.2 Å². The van der Waals surface area contributed by atoms with Crippen molar-refractivity contribution in [1.82, 2.24) is 16.0 Å². The van der Waals surface area contributed by atoms with E-state index < -0.39 is 5.82 Å². The smallest absolute Gasteiger partial charge is 0.164 e. The number of anilines is 1. The van der Waals surface area contributed by atoms with E-state index in [0.717, 1.165) is 25.0 Å². The molecule has 1 aromatic carbocycles. The second kappa shape index (κ2) is 11.0. The number of nitrogens with zero attached hydrogens (tertiary/aromatic N) is 1. The van der Waals surface area contributed by atoms with Crippen LogP contribution in [-0.2, 0) is 0 Å². The average molecular weight is 400 g/mol. The molecule has 0 amide bonds. The van der Waals surface area contributed by atoms with Crippen molar-refractivity contribution < 1.29 is 4.39 Å². The fraction of sp³-hybridized carbons (Fsp3) is 0.600. The van der Waals surface area contributed by atoms with E-state index in [1.165, 1.54) is 6.07 Å². The molecule has 0 fully saturated rings. The lowest BCUT2D eigenvalue weighted by Gasteiger charge is -2.37. The van der Waals surface area contributed by atoms with Crippen LogP contribution in [0.2, 0.25) is 5.02 Å². The van der Waals surface area contributed by atoms with Crippen LogP contribution in [0.25, 0.3) is 0 Å². The zero-order chi connectivity index (χ0) is 20.6. The lowest BCUT2D eigenvalue weighted by Crippen LogP contribution is -2.59. The number of halogens is 2. The first-order valence-electron chi connectivity index (χ1n) is 9.40. The lowest BCUT2D eigenvalue weighted by atomic mass is 9.86. The molecule has 0 aliphatic heterocycles. The van der Waals surface area contributed by atoms with Gasteiger partial charge in [-0.2, -0.15) is 5.53 Å². The quantitative estimate of drug-likeness (QED) is 0.317. The van der Waals surface area contributed by atoms with Gasteiger partial charge in [0.1, 0.15) is 0 Å². The van der Waals surface area contributed by atoms with Gasteiger partial charge in [0.2, 0.25) is 0 Å². The number of hydrazine groups is 2. The third kappa shape index (κ3) is 7.39. The van der Waals surface area contributed by atoms with Gasteiger partial charge >= 0.3 is 0 Å². The molecule has 7 heteroatoms. The highest BCUT2D eigenvalue weighted by Gasteiger charge is 2.27. The van der Waals surface area contributed by atoms with E-state index in [1.807, 2.05) is 19.0 Å². The number of hydrogen-bond acceptors (Lipinski definition) is 5. The standard InChI is InChI=1S/C20H35ClFN5/c1-14(2)17(24-18-9-7-8-16(21)19(18)22)10-13-27(6)26-25-20(5,11-12-23)15(3)4/h7-9,15,17,24-26H,1,10-13,23H2,2-6H3. The van der Waals surface area contributed by atoms with Gasteiger partial charge in [0.15, 0.2) is 5.82 Å². The van der Waals surface area contributed by atoms with Gasteiger partial charge in [-0.05, 0) is 51.3 Å². The highest BCUT2D eigenvalue weighted by Crippen LogP contribution is 2.24. The van der Waals surface area contributed by atoms with Crippen molar-refractivity contribution in [1.29, 1.82) is 0 Å². The molecule has 0 aliphatic carbocycles. The normalized spacial score (nSPS) is 15.0. The van der Waals surface area contributed by atoms with Crippen LogP contribution in [0.5, 0.6) is 0 Å². The Balaban J connectivity index is 2.61. The first kappa shape index (κ1) is 23.9. The molecule has 5 N–H and O–H groups in total. The predicted molar refractivity (Wildman–Crippen MR) is 114 cm³/mol. The monoisotopic (exact) mass is 399 g/mol. The molecule has 154 valence electrons. The highest BCUT2D eigenvalue weighted by molar-refractivity contribution is 6.31. The molecule has 0 aliphatic rings. The summed E-state index contributed by atoms with van der Waals surface area (Å²) in [5.74, 6) is -0.00867. The second-order valence-corrected chi connectivity index (χ2v) is 8.11. The molecule has 5 nitrogen and oxygen atoms in total. The van der Waals surface area contributed by atoms with Crippen molar-refractivity contribution in [2.45, 2.75) is 52.1 Å². The Morgan fingerprint density at radius 1 is 1.41 bits per heavy atom. The van der Waals surface area contributed by atoms with Crippen LogP contribution >= 0.6 is 11.6 Å². The molecular weight excluding hydrogens is 365 g/mol. The molecule has 2 atom stereocenters. The van der Waals surface area contributed by atoms with Gasteiger partial charge in [0.25, 0.3) is 0 Å². The summed E-state index contributed by atoms with van der Waals surface area (Å²) in [5, 5.41) is 5.29. The minimum Gasteiger partial charge on any atom is -0.376 e. The third-order valence-electron chi connectivity index (χ3n) is 5.10. The van der Waals surface area contributed by atoms with Crippen LogP contribution in [0.3, 0.4) is 0 Å². The fourth-order valence-corrected chi connectivity index (χ4v) is 2.82. The Morgan fingerprint density at radius 2 is 2.07 bits per heavy atom. The summed E-state index contributed by atoms with van der Waals surface area (Å²) in [6, 6.07) is 4.88. The second-order valence-electron chi connectivity index (χ2n) is 7.70. The average Bonchev–Trinajstić information content (AvgIpc) is 2.60. The van der Waals surface area contributed by atoms with Crippen LogP contribution in [0.15, 0.2) is 30.4 Å². The summed E-state index contributed by atoms with van der Waals surface area (Å²) >= 11 is 5.87. The van der Waals surface area contributed by atoms with E-state index >= 15 is 0 Å². The Bertz CT molecular complexity index is 610. The summed E-state index contributed by atoms with van der Waals surface area (Å²) in [7, 11) is 1.96. The topological polar surface area (TPSA) is 65.3 Å². The zero-order valence-corrected chi connectivity index (χ0v) is 18.0. The maximum Gasteiger partial charge on any atom is 0.164 e. The van der Waals surface area contributed by atoms with E-state index in [1.54, 1.807) is 12.1 Å². The van der Waals surface area contributed by atoms with Crippen LogP contribution < -0.4 is 22.0 Å². The fourth-order valence-electron chi connectivity index (χ4n) is 2.64. The van der Waals surface area contributed by atoms with Gasteiger partial charge in [-0.3, -0.25) is 0 Å². The summed E-state index contributed by atoms with van der Waals surface area (Å²) in [6.45, 7) is 13.8. The van der Waals surface area contributed by atoms with Crippen molar-refractivity contribution in [2.24, 2.45) is 11.7 Å². The van der Waals surface area contributed by atoms with Gasteiger partial charge in [0.05, 0.1) is 10.7 Å². The molecule has 0 bridgehead atoms. The van der Waals surface area contributed by atoms with Crippen molar-refractivity contribution in [3.63, 3.8) is 0 Å². The molecular formula is C20H35ClFN5. The molecule has 0 heterocycles. The first-order valence-corrected chi connectivity index (χ1v) is 9.78. The largest absolute Gasteiger partial charge is 0.376 e. The van der Waals surface area contributed by atoms with Gasteiger partial charge in [-0.25, -0.2) is 14.8 Å². The van der Waals surface area contributed by atoms with Crippen molar-refractivity contribution in [3.8, 4) is 0 Å². The Morgan fingerprint density at radius 3 is 2.63 bits per heavy atom. The summed E-state index contributed by atoms with van der Waals surface area (Å²) in [6.07, 6.45) is 1.62. The van der Waals surface area contributed by atoms with Crippen molar-refractivity contribution in [2.75, 3.05) is 25.5 Å². The summed E-state index contributed by atoms with van der Waals surface area (Å²) < 4.78 is 14.2. The van der Waals surface area contributed by atoms with Crippen LogP contribution in [0, 0.1) is 11.7 Å². The first-order chi connectivity index (χ1) is 12.6. The van der Waals surface area contributed by atoms with Crippen LogP contribution in [0.1, 0.15) is 40.5 Å². The molecule has 0 aromatic heterocycles. The van der Waals surface area contributed by atoms with Crippen LogP contribution in [0.4, 0.5) is 10.1 Å². The molecule has 0 saturated carbocycles. The molecule has 0 radical (unpaired) electrons. The van der Waals surface area contributed by atoms with Gasteiger partial charge in [-0.1, -0.05) is 43.7 Å². The van der Waals surface area contributed by atoms with Gasteiger partial charge < -0.3 is 11.1 Å². The van der Waals surface area contributed by atoms with E-state index in [-0.39, 0.29) is 16.6 Å². The van der Waals surface area contributed by atoms with E-state index in [2.05, 4.69) is 43.6 Å². The third-order valence-corrected chi connectivity index (χ3v) is 5.39. The van der Waals surface area contributed by atoms with E-state index in [4.69, 9.17) is 17.3 Å². The molecule has 2 unspecified atom stereocenters. The maximum absolute atomic E-state index is 14.2. The Labute approximate surface area is 168 Å². The Kier molecular flexibility index (Phi) is 9.70. The van der Waals surface area contributed by atoms with Crippen LogP contribution in [-0.4, -0.2) is 36.7 Å². The summed E-state index contributed by atoms with van der Waals surface area (Å²) in [4.78, 5) is 0. The minimum atomic E-state index is -0.437. The van der Waals surface area contributed by atoms with Gasteiger partial charge in [-0.15, -0.1) is 0 Å². The molecule has 1 rings (SSSR count). The lowest BCUT2D eigenvalue weighted by molar-refractivity contribution is 0.110. The van der Waals surface area contributed by atoms with E-state index in [9.17, 15) is 4.39 Å². The predicted octanol–water partition coefficient (Wildman–Crippen LogP) is 3.93. The molecule has 0 saturated heterocycles. The maximum atomic E-state index is 14.2. The number of rotatable bonds is 12. The number of hydrogen-bond donors (Lipinski definition) is 4. The minimum absolute atomic E-state index is 0.0669. The number of benzene rings is 1. The van der Waals surface area contributed by atoms with Gasteiger partial charge in [0, 0.05) is 25.2 Å².